The van der Waals surface area contributed by atoms with Crippen LogP contribution in [0.5, 0.6) is 11.5 Å². The van der Waals surface area contributed by atoms with Gasteiger partial charge in [-0.15, -0.1) is 11.3 Å². The van der Waals surface area contributed by atoms with Gasteiger partial charge in [-0.1, -0.05) is 18.5 Å². The number of ether oxygens (including phenoxy) is 2. The van der Waals surface area contributed by atoms with E-state index in [9.17, 15) is 4.79 Å². The van der Waals surface area contributed by atoms with Gasteiger partial charge in [-0.2, -0.15) is 0 Å². The van der Waals surface area contributed by atoms with E-state index in [1.165, 1.54) is 11.3 Å². The molecule has 1 aromatic heterocycles. The van der Waals surface area contributed by atoms with Gasteiger partial charge in [-0.25, -0.2) is 0 Å². The molecule has 1 N–H and O–H groups in total. The summed E-state index contributed by atoms with van der Waals surface area (Å²) < 4.78 is 12.6. The number of benzene rings is 1. The molecule has 3 rings (SSSR count). The molecule has 2 heterocycles. The molecule has 1 aliphatic rings. The van der Waals surface area contributed by atoms with E-state index in [4.69, 9.17) is 21.1 Å². The Bertz CT molecular complexity index is 768. The van der Waals surface area contributed by atoms with Crippen molar-refractivity contribution in [2.75, 3.05) is 31.6 Å². The second-order valence-electron chi connectivity index (χ2n) is 5.53. The number of carbonyl (C=O) groups excluding carboxylic acids is 1. The summed E-state index contributed by atoms with van der Waals surface area (Å²) in [5, 5.41) is 2.93. The number of hydrogen-bond acceptors (Lipinski definition) is 5. The molecular formula is C17H18BrClN2O3S. The van der Waals surface area contributed by atoms with Crippen molar-refractivity contribution in [2.45, 2.75) is 13.5 Å². The van der Waals surface area contributed by atoms with Crippen molar-refractivity contribution in [3.8, 4) is 11.5 Å². The maximum atomic E-state index is 12.4. The molecule has 25 heavy (non-hydrogen) atoms. The number of anilines is 1. The third-order valence-electron chi connectivity index (χ3n) is 3.73. The molecule has 0 saturated carbocycles. The monoisotopic (exact) mass is 444 g/mol. The molecule has 0 radical (unpaired) electrons. The Labute approximate surface area is 164 Å². The van der Waals surface area contributed by atoms with Crippen LogP contribution in [0.4, 0.5) is 5.69 Å². The van der Waals surface area contributed by atoms with Crippen LogP contribution in [-0.4, -0.2) is 37.1 Å². The zero-order chi connectivity index (χ0) is 17.8. The lowest BCUT2D eigenvalue weighted by atomic mass is 10.2. The second kappa shape index (κ2) is 8.40. The minimum Gasteiger partial charge on any atom is -0.486 e. The predicted molar refractivity (Wildman–Crippen MR) is 104 cm³/mol. The fourth-order valence-corrected chi connectivity index (χ4v) is 4.04. The van der Waals surface area contributed by atoms with E-state index in [2.05, 4.69) is 26.1 Å². The van der Waals surface area contributed by atoms with Gasteiger partial charge in [0.25, 0.3) is 0 Å². The SMILES string of the molecule is CCN(CC(=O)Nc1cc2c(cc1Br)OCCO2)Cc1ccc(Cl)s1. The molecule has 0 spiro atoms. The number of amides is 1. The zero-order valence-corrected chi connectivity index (χ0v) is 16.8. The molecular weight excluding hydrogens is 428 g/mol. The van der Waals surface area contributed by atoms with Crippen molar-refractivity contribution in [1.82, 2.24) is 4.90 Å². The molecule has 1 amide bonds. The highest BCUT2D eigenvalue weighted by Crippen LogP contribution is 2.38. The zero-order valence-electron chi connectivity index (χ0n) is 13.7. The first-order chi connectivity index (χ1) is 12.0. The van der Waals surface area contributed by atoms with E-state index in [1.54, 1.807) is 6.07 Å². The average Bonchev–Trinajstić information content (AvgIpc) is 3.00. The van der Waals surface area contributed by atoms with Gasteiger partial charge in [0.2, 0.25) is 5.91 Å². The first kappa shape index (κ1) is 18.5. The van der Waals surface area contributed by atoms with Crippen molar-refractivity contribution >= 4 is 50.5 Å². The Hall–Kier alpha value is -1.28. The number of likely N-dealkylation sites (N-methyl/N-ethyl adjacent to an activating group) is 1. The van der Waals surface area contributed by atoms with Crippen LogP contribution in [0.15, 0.2) is 28.7 Å². The number of thiophene rings is 1. The van der Waals surface area contributed by atoms with Gasteiger partial charge in [-0.3, -0.25) is 9.69 Å². The highest BCUT2D eigenvalue weighted by atomic mass is 79.9. The summed E-state index contributed by atoms with van der Waals surface area (Å²) >= 11 is 11.0. The van der Waals surface area contributed by atoms with Crippen molar-refractivity contribution in [3.05, 3.63) is 38.0 Å². The largest absolute Gasteiger partial charge is 0.486 e. The summed E-state index contributed by atoms with van der Waals surface area (Å²) in [6, 6.07) is 7.47. The van der Waals surface area contributed by atoms with Crippen molar-refractivity contribution in [3.63, 3.8) is 0 Å². The standard InChI is InChI=1S/C17H18BrClN2O3S/c1-2-21(9-11-3-4-16(19)25-11)10-17(22)20-13-8-15-14(7-12(13)18)23-5-6-24-15/h3-4,7-8H,2,5-6,9-10H2,1H3,(H,20,22). The van der Waals surface area contributed by atoms with Gasteiger partial charge in [0.15, 0.2) is 11.5 Å². The lowest BCUT2D eigenvalue weighted by Gasteiger charge is -2.21. The summed E-state index contributed by atoms with van der Waals surface area (Å²) in [6.07, 6.45) is 0. The van der Waals surface area contributed by atoms with Gasteiger partial charge in [-0.05, 0) is 34.6 Å². The summed E-state index contributed by atoms with van der Waals surface area (Å²) in [5.74, 6) is 1.24. The normalized spacial score (nSPS) is 13.1. The number of rotatable bonds is 6. The maximum Gasteiger partial charge on any atom is 0.238 e. The summed E-state index contributed by atoms with van der Waals surface area (Å²) in [4.78, 5) is 15.6. The fourth-order valence-electron chi connectivity index (χ4n) is 2.49. The Morgan fingerprint density at radius 1 is 1.32 bits per heavy atom. The highest BCUT2D eigenvalue weighted by molar-refractivity contribution is 9.10. The molecule has 0 bridgehead atoms. The maximum absolute atomic E-state index is 12.4. The molecule has 134 valence electrons. The fraction of sp³-hybridized carbons (Fsp3) is 0.353. The Balaban J connectivity index is 1.63. The summed E-state index contributed by atoms with van der Waals surface area (Å²) in [6.45, 7) is 4.84. The van der Waals surface area contributed by atoms with Gasteiger partial charge in [0.05, 0.1) is 16.6 Å². The lowest BCUT2D eigenvalue weighted by molar-refractivity contribution is -0.117. The second-order valence-corrected chi connectivity index (χ2v) is 8.19. The van der Waals surface area contributed by atoms with Crippen LogP contribution >= 0.6 is 38.9 Å². The lowest BCUT2D eigenvalue weighted by Crippen LogP contribution is -2.32. The van der Waals surface area contributed by atoms with Crippen LogP contribution in [0.1, 0.15) is 11.8 Å². The van der Waals surface area contributed by atoms with Crippen LogP contribution in [0.2, 0.25) is 4.34 Å². The smallest absolute Gasteiger partial charge is 0.238 e. The third-order valence-corrected chi connectivity index (χ3v) is 5.60. The number of halogens is 2. The van der Waals surface area contributed by atoms with E-state index in [0.29, 0.717) is 43.5 Å². The summed E-state index contributed by atoms with van der Waals surface area (Å²) in [5.41, 5.74) is 0.671. The van der Waals surface area contributed by atoms with E-state index in [1.807, 2.05) is 25.1 Å². The molecule has 0 saturated heterocycles. The van der Waals surface area contributed by atoms with Crippen molar-refractivity contribution in [2.24, 2.45) is 0 Å². The van der Waals surface area contributed by atoms with E-state index >= 15 is 0 Å². The molecule has 5 nitrogen and oxygen atoms in total. The number of hydrogen-bond donors (Lipinski definition) is 1. The number of nitrogens with one attached hydrogen (secondary N) is 1. The minimum atomic E-state index is -0.0816. The first-order valence-corrected chi connectivity index (χ1v) is 9.89. The van der Waals surface area contributed by atoms with Crippen LogP contribution in [0.3, 0.4) is 0 Å². The minimum absolute atomic E-state index is 0.0816. The molecule has 1 aliphatic heterocycles. The molecule has 0 aliphatic carbocycles. The Kier molecular flexibility index (Phi) is 6.22. The van der Waals surface area contributed by atoms with E-state index < -0.39 is 0 Å². The van der Waals surface area contributed by atoms with Crippen molar-refractivity contribution < 1.29 is 14.3 Å². The first-order valence-electron chi connectivity index (χ1n) is 7.90. The van der Waals surface area contributed by atoms with Crippen LogP contribution in [-0.2, 0) is 11.3 Å². The average molecular weight is 446 g/mol. The molecule has 0 fully saturated rings. The van der Waals surface area contributed by atoms with Gasteiger partial charge in [0, 0.05) is 28.0 Å². The number of nitrogens with zero attached hydrogens (tertiary/aromatic N) is 1. The van der Waals surface area contributed by atoms with Crippen LogP contribution < -0.4 is 14.8 Å². The van der Waals surface area contributed by atoms with Crippen LogP contribution in [0, 0.1) is 0 Å². The Morgan fingerprint density at radius 2 is 2.04 bits per heavy atom. The van der Waals surface area contributed by atoms with Gasteiger partial charge < -0.3 is 14.8 Å². The predicted octanol–water partition coefficient (Wildman–Crippen LogP) is 4.40. The van der Waals surface area contributed by atoms with Gasteiger partial charge >= 0.3 is 0 Å². The third kappa shape index (κ3) is 4.88. The van der Waals surface area contributed by atoms with E-state index in [0.717, 1.165) is 20.2 Å². The molecule has 2 aromatic rings. The molecule has 1 aromatic carbocycles. The number of fused-ring (bicyclic) bond motifs is 1. The van der Waals surface area contributed by atoms with Crippen molar-refractivity contribution in [1.29, 1.82) is 0 Å². The topological polar surface area (TPSA) is 50.8 Å². The van der Waals surface area contributed by atoms with E-state index in [-0.39, 0.29) is 5.91 Å². The molecule has 0 atom stereocenters. The number of carbonyl (C=O) groups is 1. The molecule has 8 heteroatoms. The Morgan fingerprint density at radius 3 is 2.68 bits per heavy atom. The quantitative estimate of drug-likeness (QED) is 0.716. The highest BCUT2D eigenvalue weighted by Gasteiger charge is 2.17. The van der Waals surface area contributed by atoms with Gasteiger partial charge in [0.1, 0.15) is 13.2 Å². The van der Waals surface area contributed by atoms with Crippen LogP contribution in [0.25, 0.3) is 0 Å². The summed E-state index contributed by atoms with van der Waals surface area (Å²) in [7, 11) is 0. The molecule has 0 unspecified atom stereocenters.